The SMILES string of the molecule is CN=C(NCCNC(=O)C(C)(C)C)NCC(C)(C)c1ccc(F)cc1Cl.I. The number of halogens is 3. The Hall–Kier alpha value is -1.09. The lowest BCUT2D eigenvalue weighted by atomic mass is 9.84. The van der Waals surface area contributed by atoms with Gasteiger partial charge in [0.15, 0.2) is 5.96 Å². The molecule has 0 fully saturated rings. The van der Waals surface area contributed by atoms with E-state index >= 15 is 0 Å². The van der Waals surface area contributed by atoms with Gasteiger partial charge in [0, 0.05) is 42.5 Å². The van der Waals surface area contributed by atoms with Crippen LogP contribution in [0.25, 0.3) is 0 Å². The van der Waals surface area contributed by atoms with E-state index in [0.29, 0.717) is 30.6 Å². The van der Waals surface area contributed by atoms with E-state index in [1.807, 2.05) is 34.6 Å². The molecular formula is C19H31ClFIN4O. The maximum absolute atomic E-state index is 13.2. The molecule has 1 aromatic carbocycles. The van der Waals surface area contributed by atoms with E-state index in [1.165, 1.54) is 12.1 Å². The van der Waals surface area contributed by atoms with E-state index in [9.17, 15) is 9.18 Å². The number of benzene rings is 1. The Kier molecular flexibility index (Phi) is 10.6. The fourth-order valence-corrected chi connectivity index (χ4v) is 2.70. The Morgan fingerprint density at radius 1 is 1.11 bits per heavy atom. The van der Waals surface area contributed by atoms with Gasteiger partial charge in [-0.25, -0.2) is 4.39 Å². The van der Waals surface area contributed by atoms with Gasteiger partial charge in [-0.1, -0.05) is 52.3 Å². The summed E-state index contributed by atoms with van der Waals surface area (Å²) in [6, 6.07) is 4.44. The second-order valence-corrected chi connectivity index (χ2v) is 8.27. The van der Waals surface area contributed by atoms with Crippen LogP contribution < -0.4 is 16.0 Å². The molecule has 0 radical (unpaired) electrons. The summed E-state index contributed by atoms with van der Waals surface area (Å²) >= 11 is 6.18. The number of carbonyl (C=O) groups is 1. The number of hydrogen-bond acceptors (Lipinski definition) is 2. The van der Waals surface area contributed by atoms with Crippen LogP contribution in [0.2, 0.25) is 5.02 Å². The predicted octanol–water partition coefficient (Wildman–Crippen LogP) is 3.70. The third-order valence-corrected chi connectivity index (χ3v) is 4.28. The number of nitrogens with one attached hydrogen (secondary N) is 3. The molecule has 0 bridgehead atoms. The zero-order chi connectivity index (χ0) is 20.0. The van der Waals surface area contributed by atoms with Crippen molar-refractivity contribution in [2.75, 3.05) is 26.7 Å². The fraction of sp³-hybridized carbons (Fsp3) is 0.579. The number of nitrogens with zero attached hydrogens (tertiary/aromatic N) is 1. The second-order valence-electron chi connectivity index (χ2n) is 7.87. The van der Waals surface area contributed by atoms with Crippen LogP contribution in [0, 0.1) is 11.2 Å². The van der Waals surface area contributed by atoms with Crippen LogP contribution in [-0.2, 0) is 10.2 Å². The smallest absolute Gasteiger partial charge is 0.225 e. The van der Waals surface area contributed by atoms with E-state index in [0.717, 1.165) is 5.56 Å². The Labute approximate surface area is 183 Å². The quantitative estimate of drug-likeness (QED) is 0.236. The van der Waals surface area contributed by atoms with Gasteiger partial charge in [-0.2, -0.15) is 0 Å². The minimum atomic E-state index is -0.404. The molecule has 8 heteroatoms. The molecule has 0 atom stereocenters. The van der Waals surface area contributed by atoms with Crippen molar-refractivity contribution in [3.63, 3.8) is 0 Å². The zero-order valence-corrected chi connectivity index (χ0v) is 20.0. The van der Waals surface area contributed by atoms with Gasteiger partial charge in [0.2, 0.25) is 5.91 Å². The lowest BCUT2D eigenvalue weighted by molar-refractivity contribution is -0.128. The maximum atomic E-state index is 13.2. The van der Waals surface area contributed by atoms with Gasteiger partial charge in [-0.15, -0.1) is 24.0 Å². The molecule has 0 aliphatic carbocycles. The summed E-state index contributed by atoms with van der Waals surface area (Å²) < 4.78 is 13.2. The van der Waals surface area contributed by atoms with Gasteiger partial charge in [0.05, 0.1) is 0 Å². The highest BCUT2D eigenvalue weighted by Crippen LogP contribution is 2.29. The topological polar surface area (TPSA) is 65.5 Å². The van der Waals surface area contributed by atoms with E-state index in [-0.39, 0.29) is 41.1 Å². The molecule has 0 aliphatic heterocycles. The number of guanidine groups is 1. The van der Waals surface area contributed by atoms with Gasteiger partial charge in [0.1, 0.15) is 5.82 Å². The first-order valence-electron chi connectivity index (χ1n) is 8.66. The minimum absolute atomic E-state index is 0. The summed E-state index contributed by atoms with van der Waals surface area (Å²) in [5.41, 5.74) is 0.141. The van der Waals surface area contributed by atoms with E-state index in [4.69, 9.17) is 11.6 Å². The van der Waals surface area contributed by atoms with Crippen molar-refractivity contribution in [2.45, 2.75) is 40.0 Å². The number of hydrogen-bond donors (Lipinski definition) is 3. The summed E-state index contributed by atoms with van der Waals surface area (Å²) in [6.07, 6.45) is 0. The maximum Gasteiger partial charge on any atom is 0.225 e. The van der Waals surface area contributed by atoms with Crippen molar-refractivity contribution < 1.29 is 9.18 Å². The largest absolute Gasteiger partial charge is 0.356 e. The molecule has 1 amide bonds. The van der Waals surface area contributed by atoms with Crippen LogP contribution in [0.1, 0.15) is 40.2 Å². The van der Waals surface area contributed by atoms with Crippen LogP contribution in [0.15, 0.2) is 23.2 Å². The number of rotatable bonds is 6. The molecule has 3 N–H and O–H groups in total. The molecule has 0 aromatic heterocycles. The van der Waals surface area contributed by atoms with Crippen LogP contribution in [0.4, 0.5) is 4.39 Å². The molecule has 154 valence electrons. The lowest BCUT2D eigenvalue weighted by Crippen LogP contribution is -2.46. The Bertz CT molecular complexity index is 660. The van der Waals surface area contributed by atoms with E-state index in [2.05, 4.69) is 20.9 Å². The molecule has 0 spiro atoms. The zero-order valence-electron chi connectivity index (χ0n) is 16.9. The lowest BCUT2D eigenvalue weighted by Gasteiger charge is -2.27. The first kappa shape index (κ1) is 25.9. The minimum Gasteiger partial charge on any atom is -0.356 e. The van der Waals surface area contributed by atoms with Crippen molar-refractivity contribution in [3.8, 4) is 0 Å². The van der Waals surface area contributed by atoms with Crippen LogP contribution in [0.5, 0.6) is 0 Å². The van der Waals surface area contributed by atoms with Crippen molar-refractivity contribution in [1.29, 1.82) is 0 Å². The molecule has 5 nitrogen and oxygen atoms in total. The highest BCUT2D eigenvalue weighted by molar-refractivity contribution is 14.0. The van der Waals surface area contributed by atoms with E-state index in [1.54, 1.807) is 13.1 Å². The Morgan fingerprint density at radius 3 is 2.22 bits per heavy atom. The Morgan fingerprint density at radius 2 is 1.70 bits per heavy atom. The van der Waals surface area contributed by atoms with Crippen LogP contribution >= 0.6 is 35.6 Å². The standard InChI is InChI=1S/C19H30ClFN4O.HI/c1-18(2,3)16(26)23-9-10-24-17(22-6)25-12-19(4,5)14-8-7-13(21)11-15(14)20;/h7-8,11H,9-10,12H2,1-6H3,(H,23,26)(H2,22,24,25);1H. The van der Waals surface area contributed by atoms with Crippen molar-refractivity contribution >= 4 is 47.4 Å². The third-order valence-electron chi connectivity index (χ3n) is 3.97. The normalized spacial score (nSPS) is 12.2. The van der Waals surface area contributed by atoms with Crippen LogP contribution in [-0.4, -0.2) is 38.5 Å². The first-order valence-corrected chi connectivity index (χ1v) is 9.03. The molecular weight excluding hydrogens is 482 g/mol. The summed E-state index contributed by atoms with van der Waals surface area (Å²) in [4.78, 5) is 16.0. The first-order chi connectivity index (χ1) is 12.0. The predicted molar refractivity (Wildman–Crippen MR) is 122 cm³/mol. The summed E-state index contributed by atoms with van der Waals surface area (Å²) in [7, 11) is 1.68. The Balaban J connectivity index is 0.00000676. The highest BCUT2D eigenvalue weighted by Gasteiger charge is 2.24. The molecule has 0 saturated heterocycles. The van der Waals surface area contributed by atoms with Crippen molar-refractivity contribution in [2.24, 2.45) is 10.4 Å². The molecule has 1 rings (SSSR count). The van der Waals surface area contributed by atoms with Gasteiger partial charge < -0.3 is 16.0 Å². The van der Waals surface area contributed by atoms with Crippen LogP contribution in [0.3, 0.4) is 0 Å². The molecule has 27 heavy (non-hydrogen) atoms. The molecule has 1 aromatic rings. The number of aliphatic imine (C=N–C) groups is 1. The summed E-state index contributed by atoms with van der Waals surface area (Å²) in [5, 5.41) is 9.68. The van der Waals surface area contributed by atoms with Gasteiger partial charge in [0.25, 0.3) is 0 Å². The highest BCUT2D eigenvalue weighted by atomic mass is 127. The molecule has 0 unspecified atom stereocenters. The second kappa shape index (κ2) is 11.0. The number of amides is 1. The summed E-state index contributed by atoms with van der Waals surface area (Å²) in [6.45, 7) is 11.3. The average molecular weight is 513 g/mol. The third kappa shape index (κ3) is 8.64. The summed E-state index contributed by atoms with van der Waals surface area (Å²) in [5.74, 6) is 0.285. The van der Waals surface area contributed by atoms with Crippen molar-refractivity contribution in [1.82, 2.24) is 16.0 Å². The van der Waals surface area contributed by atoms with E-state index < -0.39 is 5.41 Å². The number of carbonyl (C=O) groups excluding carboxylic acids is 1. The molecule has 0 heterocycles. The molecule has 0 aliphatic rings. The monoisotopic (exact) mass is 512 g/mol. The van der Waals surface area contributed by atoms with Crippen molar-refractivity contribution in [3.05, 3.63) is 34.6 Å². The average Bonchev–Trinajstić information content (AvgIpc) is 2.52. The van der Waals surface area contributed by atoms with Gasteiger partial charge >= 0.3 is 0 Å². The molecule has 0 saturated carbocycles. The fourth-order valence-electron chi connectivity index (χ4n) is 2.28. The van der Waals surface area contributed by atoms with Gasteiger partial charge in [-0.05, 0) is 17.7 Å². The van der Waals surface area contributed by atoms with Gasteiger partial charge in [-0.3, -0.25) is 9.79 Å².